The van der Waals surface area contributed by atoms with E-state index in [2.05, 4.69) is 0 Å². The smallest absolute Gasteiger partial charge is 0.182 e. The maximum absolute atomic E-state index is 12.9. The fraction of sp³-hybridized carbons (Fsp3) is 0.235. The van der Waals surface area contributed by atoms with Crippen molar-refractivity contribution in [2.45, 2.75) is 19.9 Å². The van der Waals surface area contributed by atoms with Crippen LogP contribution >= 0.6 is 0 Å². The third-order valence-corrected chi connectivity index (χ3v) is 3.19. The Kier molecular flexibility index (Phi) is 4.51. The second kappa shape index (κ2) is 6.33. The lowest BCUT2D eigenvalue weighted by atomic mass is 10.1. The zero-order valence-electron chi connectivity index (χ0n) is 11.7. The highest BCUT2D eigenvalue weighted by Gasteiger charge is 2.15. The molecule has 0 aliphatic rings. The van der Waals surface area contributed by atoms with Gasteiger partial charge in [0, 0.05) is 17.3 Å². The number of anilines is 1. The Morgan fingerprint density at radius 2 is 1.65 bits per heavy atom. The maximum Gasteiger partial charge on any atom is 0.182 e. The molecular formula is C17H18FNO. The number of para-hydroxylation sites is 1. The largest absolute Gasteiger partial charge is 0.361 e. The van der Waals surface area contributed by atoms with Crippen molar-refractivity contribution in [1.29, 1.82) is 0 Å². The van der Waals surface area contributed by atoms with E-state index in [4.69, 9.17) is 0 Å². The number of hydrogen-bond donors (Lipinski definition) is 0. The number of Topliss-reactive ketones (excluding diaryl/α,β-unsaturated/α-hetero) is 1. The first-order chi connectivity index (χ1) is 9.58. The minimum absolute atomic E-state index is 0.0115. The van der Waals surface area contributed by atoms with Gasteiger partial charge in [0.2, 0.25) is 0 Å². The molecule has 0 atom stereocenters. The molecule has 0 aliphatic carbocycles. The van der Waals surface area contributed by atoms with E-state index in [1.54, 1.807) is 0 Å². The Balaban J connectivity index is 2.17. The van der Waals surface area contributed by atoms with Crippen LogP contribution in [0.4, 0.5) is 10.1 Å². The van der Waals surface area contributed by atoms with Crippen molar-refractivity contribution >= 4 is 11.5 Å². The first-order valence-corrected chi connectivity index (χ1v) is 6.68. The van der Waals surface area contributed by atoms with E-state index in [-0.39, 0.29) is 24.2 Å². The highest BCUT2D eigenvalue weighted by molar-refractivity contribution is 5.99. The van der Waals surface area contributed by atoms with Crippen LogP contribution in [0.5, 0.6) is 0 Å². The summed E-state index contributed by atoms with van der Waals surface area (Å²) in [5.74, 6) is -0.340. The van der Waals surface area contributed by atoms with Gasteiger partial charge in [-0.05, 0) is 50.2 Å². The molecule has 104 valence electrons. The van der Waals surface area contributed by atoms with Crippen molar-refractivity contribution in [3.63, 3.8) is 0 Å². The summed E-state index contributed by atoms with van der Waals surface area (Å²) in [5, 5.41) is 0. The Hall–Kier alpha value is -2.16. The van der Waals surface area contributed by atoms with Crippen LogP contribution < -0.4 is 4.90 Å². The molecule has 0 radical (unpaired) electrons. The van der Waals surface area contributed by atoms with E-state index in [1.165, 1.54) is 24.3 Å². The van der Waals surface area contributed by atoms with Gasteiger partial charge >= 0.3 is 0 Å². The minimum atomic E-state index is -0.328. The van der Waals surface area contributed by atoms with Crippen molar-refractivity contribution in [2.75, 3.05) is 11.4 Å². The second-order valence-electron chi connectivity index (χ2n) is 4.99. The fourth-order valence-electron chi connectivity index (χ4n) is 2.07. The van der Waals surface area contributed by atoms with E-state index in [0.717, 1.165) is 5.69 Å². The van der Waals surface area contributed by atoms with Crippen molar-refractivity contribution < 1.29 is 9.18 Å². The van der Waals surface area contributed by atoms with Gasteiger partial charge in [-0.3, -0.25) is 4.79 Å². The number of nitrogens with zero attached hydrogens (tertiary/aromatic N) is 1. The molecule has 0 spiro atoms. The zero-order chi connectivity index (χ0) is 14.5. The van der Waals surface area contributed by atoms with Gasteiger partial charge in [0.1, 0.15) is 5.82 Å². The molecule has 0 saturated heterocycles. The Morgan fingerprint density at radius 1 is 1.05 bits per heavy atom. The molecule has 2 aromatic carbocycles. The molecule has 2 aromatic rings. The van der Waals surface area contributed by atoms with Gasteiger partial charge in [-0.25, -0.2) is 4.39 Å². The maximum atomic E-state index is 12.9. The van der Waals surface area contributed by atoms with Crippen molar-refractivity contribution in [1.82, 2.24) is 0 Å². The molecule has 2 nitrogen and oxygen atoms in total. The zero-order valence-corrected chi connectivity index (χ0v) is 11.7. The summed E-state index contributed by atoms with van der Waals surface area (Å²) >= 11 is 0. The molecule has 0 heterocycles. The molecule has 20 heavy (non-hydrogen) atoms. The van der Waals surface area contributed by atoms with Crippen molar-refractivity contribution in [2.24, 2.45) is 0 Å². The molecule has 0 saturated carbocycles. The van der Waals surface area contributed by atoms with Gasteiger partial charge in [0.05, 0.1) is 6.54 Å². The van der Waals surface area contributed by atoms with E-state index >= 15 is 0 Å². The van der Waals surface area contributed by atoms with Crippen LogP contribution in [-0.4, -0.2) is 18.4 Å². The number of hydrogen-bond acceptors (Lipinski definition) is 2. The quantitative estimate of drug-likeness (QED) is 0.768. The predicted molar refractivity (Wildman–Crippen MR) is 79.7 cm³/mol. The number of ketones is 1. The lowest BCUT2D eigenvalue weighted by Gasteiger charge is -2.28. The summed E-state index contributed by atoms with van der Waals surface area (Å²) < 4.78 is 12.9. The number of rotatable bonds is 5. The Labute approximate surface area is 118 Å². The highest BCUT2D eigenvalue weighted by atomic mass is 19.1. The number of benzene rings is 2. The molecule has 0 bridgehead atoms. The van der Waals surface area contributed by atoms with Gasteiger partial charge in [0.15, 0.2) is 5.78 Å². The summed E-state index contributed by atoms with van der Waals surface area (Å²) in [6.45, 7) is 4.38. The number of carbonyl (C=O) groups is 1. The Bertz CT molecular complexity index is 563. The summed E-state index contributed by atoms with van der Waals surface area (Å²) in [6.07, 6.45) is 0. The third-order valence-electron chi connectivity index (χ3n) is 3.19. The molecule has 0 aliphatic heterocycles. The average molecular weight is 271 g/mol. The molecule has 0 aromatic heterocycles. The summed E-state index contributed by atoms with van der Waals surface area (Å²) in [5.41, 5.74) is 1.55. The van der Waals surface area contributed by atoms with Crippen LogP contribution in [0.1, 0.15) is 24.2 Å². The normalized spacial score (nSPS) is 10.6. The topological polar surface area (TPSA) is 20.3 Å². The lowest BCUT2D eigenvalue weighted by molar-refractivity contribution is 0.0997. The van der Waals surface area contributed by atoms with E-state index in [0.29, 0.717) is 5.56 Å². The van der Waals surface area contributed by atoms with Gasteiger partial charge in [-0.2, -0.15) is 0 Å². The van der Waals surface area contributed by atoms with E-state index < -0.39 is 0 Å². The molecule has 2 rings (SSSR count). The van der Waals surface area contributed by atoms with Crippen LogP contribution in [-0.2, 0) is 0 Å². The van der Waals surface area contributed by atoms with Crippen molar-refractivity contribution in [3.05, 3.63) is 66.0 Å². The molecule has 0 N–H and O–H groups in total. The van der Waals surface area contributed by atoms with Crippen molar-refractivity contribution in [3.8, 4) is 0 Å². The van der Waals surface area contributed by atoms with Crippen LogP contribution in [0, 0.1) is 5.82 Å². The molecule has 0 amide bonds. The van der Waals surface area contributed by atoms with Gasteiger partial charge in [0.25, 0.3) is 0 Å². The van der Waals surface area contributed by atoms with E-state index in [9.17, 15) is 9.18 Å². The lowest BCUT2D eigenvalue weighted by Crippen LogP contribution is -2.35. The monoisotopic (exact) mass is 271 g/mol. The van der Waals surface area contributed by atoms with Crippen LogP contribution in [0.25, 0.3) is 0 Å². The van der Waals surface area contributed by atoms with Crippen LogP contribution in [0.3, 0.4) is 0 Å². The first kappa shape index (κ1) is 14.3. The van der Waals surface area contributed by atoms with Gasteiger partial charge < -0.3 is 4.90 Å². The van der Waals surface area contributed by atoms with E-state index in [1.807, 2.05) is 49.1 Å². The first-order valence-electron chi connectivity index (χ1n) is 6.68. The van der Waals surface area contributed by atoms with Crippen LogP contribution in [0.2, 0.25) is 0 Å². The molecule has 0 fully saturated rings. The van der Waals surface area contributed by atoms with Gasteiger partial charge in [-0.1, -0.05) is 18.2 Å². The summed E-state index contributed by atoms with van der Waals surface area (Å²) in [6, 6.07) is 15.7. The SMILES string of the molecule is CC(C)N(CC(=O)c1ccc(F)cc1)c1ccccc1. The summed E-state index contributed by atoms with van der Waals surface area (Å²) in [4.78, 5) is 14.3. The molecule has 0 unspecified atom stereocenters. The average Bonchev–Trinajstić information content (AvgIpc) is 2.46. The molecule has 3 heteroatoms. The fourth-order valence-corrected chi connectivity index (χ4v) is 2.07. The molecular weight excluding hydrogens is 253 g/mol. The van der Waals surface area contributed by atoms with Crippen LogP contribution in [0.15, 0.2) is 54.6 Å². The standard InChI is InChI=1S/C17H18FNO/c1-13(2)19(16-6-4-3-5-7-16)12-17(20)14-8-10-15(18)11-9-14/h3-11,13H,12H2,1-2H3. The predicted octanol–water partition coefficient (Wildman–Crippen LogP) is 3.92. The minimum Gasteiger partial charge on any atom is -0.361 e. The summed E-state index contributed by atoms with van der Waals surface area (Å²) in [7, 11) is 0. The second-order valence-corrected chi connectivity index (χ2v) is 4.99. The highest BCUT2D eigenvalue weighted by Crippen LogP contribution is 2.17. The Morgan fingerprint density at radius 3 is 2.20 bits per heavy atom. The number of carbonyl (C=O) groups excluding carboxylic acids is 1. The number of halogens is 1. The third kappa shape index (κ3) is 3.44. The van der Waals surface area contributed by atoms with Gasteiger partial charge in [-0.15, -0.1) is 0 Å².